The largest absolute Gasteiger partial charge is 0.481 e. The minimum Gasteiger partial charge on any atom is -0.481 e. The summed E-state index contributed by atoms with van der Waals surface area (Å²) in [5.74, 6) is -6.11. The molecule has 294 valence electrons. The highest BCUT2D eigenvalue weighted by Gasteiger charge is 2.45. The highest BCUT2D eigenvalue weighted by Crippen LogP contribution is 2.42. The Morgan fingerprint density at radius 3 is 1.46 bits per heavy atom. The summed E-state index contributed by atoms with van der Waals surface area (Å²) in [5, 5.41) is 32.9. The van der Waals surface area contributed by atoms with E-state index in [0.717, 1.165) is 77.0 Å². The maximum Gasteiger partial charge on any atom is 0.308 e. The monoisotopic (exact) mass is 736 g/mol. The number of rotatable bonds is 13. The van der Waals surface area contributed by atoms with Gasteiger partial charge in [-0.3, -0.25) is 24.0 Å². The van der Waals surface area contributed by atoms with E-state index in [4.69, 9.17) is 18.9 Å². The summed E-state index contributed by atoms with van der Waals surface area (Å²) in [6.45, 7) is 0. The molecular weight excluding hydrogens is 676 g/mol. The molecule has 5 rings (SSSR count). The molecule has 0 saturated heterocycles. The van der Waals surface area contributed by atoms with Crippen LogP contribution >= 0.6 is 0 Å². The first-order chi connectivity index (χ1) is 25.0. The minimum absolute atomic E-state index is 0.0407. The van der Waals surface area contributed by atoms with Crippen LogP contribution in [0.1, 0.15) is 116 Å². The van der Waals surface area contributed by atoms with Gasteiger partial charge in [-0.15, -0.1) is 0 Å². The van der Waals surface area contributed by atoms with Crippen molar-refractivity contribution in [3.8, 4) is 0 Å². The average molecular weight is 737 g/mol. The minimum atomic E-state index is -0.999. The number of carbonyl (C=O) groups is 5. The Hall–Kier alpha value is -2.81. The van der Waals surface area contributed by atoms with Crippen molar-refractivity contribution in [3.05, 3.63) is 0 Å². The Morgan fingerprint density at radius 2 is 1.00 bits per heavy atom. The number of amides is 1. The second-order valence-corrected chi connectivity index (χ2v) is 16.1. The van der Waals surface area contributed by atoms with Crippen molar-refractivity contribution in [2.45, 2.75) is 152 Å². The van der Waals surface area contributed by atoms with Crippen LogP contribution < -0.4 is 10.8 Å². The Bertz CT molecular complexity index is 1220. The zero-order valence-electron chi connectivity index (χ0n) is 30.7. The van der Waals surface area contributed by atoms with Gasteiger partial charge in [0.15, 0.2) is 0 Å². The highest BCUT2D eigenvalue weighted by atomic mass is 16.5. The molecule has 52 heavy (non-hydrogen) atoms. The van der Waals surface area contributed by atoms with Crippen LogP contribution in [0.25, 0.3) is 0 Å². The van der Waals surface area contributed by atoms with Crippen molar-refractivity contribution in [1.82, 2.24) is 10.8 Å². The number of hydrogen-bond acceptors (Lipinski definition) is 11. The van der Waals surface area contributed by atoms with E-state index in [9.17, 15) is 39.4 Å². The zero-order valence-corrected chi connectivity index (χ0v) is 30.7. The summed E-state index contributed by atoms with van der Waals surface area (Å²) < 4.78 is 22.9. The molecule has 0 radical (unpaired) electrons. The number of aliphatic carboxylic acids is 2. The van der Waals surface area contributed by atoms with Gasteiger partial charge in [-0.05, 0) is 127 Å². The van der Waals surface area contributed by atoms with E-state index in [2.05, 4.69) is 10.8 Å². The van der Waals surface area contributed by atoms with Gasteiger partial charge in [0.25, 0.3) is 0 Å². The summed E-state index contributed by atoms with van der Waals surface area (Å²) in [5.41, 5.74) is 2.45. The normalized spacial score (nSPS) is 37.6. The first-order valence-electron chi connectivity index (χ1n) is 19.6. The van der Waals surface area contributed by atoms with E-state index in [0.29, 0.717) is 25.7 Å². The van der Waals surface area contributed by atoms with E-state index >= 15 is 0 Å². The van der Waals surface area contributed by atoms with Crippen LogP contribution in [0.4, 0.5) is 0 Å². The molecule has 7 unspecified atom stereocenters. The molecule has 7 atom stereocenters. The molecule has 5 fully saturated rings. The molecule has 0 spiro atoms. The summed E-state index contributed by atoms with van der Waals surface area (Å²) in [7, 11) is 2.66. The van der Waals surface area contributed by atoms with Crippen LogP contribution in [0.5, 0.6) is 0 Å². The molecule has 1 amide bonds. The van der Waals surface area contributed by atoms with Gasteiger partial charge in [-0.25, -0.2) is 5.48 Å². The molecule has 5 aliphatic rings. The SMILES string of the molecule is COC(=O)C1CCC(C(=O)O)C(C(=O)NC2CCC(OC3CCC(OC4CCC(C(NO)C5CC(C(=O)OC)CCC5C(=O)O)CC4)CC3)CC2)C1. The van der Waals surface area contributed by atoms with Crippen molar-refractivity contribution in [2.75, 3.05) is 14.2 Å². The lowest BCUT2D eigenvalue weighted by Crippen LogP contribution is -2.50. The number of nitrogens with one attached hydrogen (secondary N) is 2. The molecule has 14 nitrogen and oxygen atoms in total. The smallest absolute Gasteiger partial charge is 0.308 e. The second kappa shape index (κ2) is 19.0. The van der Waals surface area contributed by atoms with Gasteiger partial charge >= 0.3 is 23.9 Å². The molecular formula is C38H60N2O12. The summed E-state index contributed by atoms with van der Waals surface area (Å²) in [4.78, 5) is 61.5. The highest BCUT2D eigenvalue weighted by molar-refractivity contribution is 5.86. The predicted octanol–water partition coefficient (Wildman–Crippen LogP) is 4.24. The standard InChI is InChI=1S/C38H60N2O12/c1-49-37(46)22-5-17-29(35(42)43)31(19-22)33(40-48)21-3-9-25(10-4-21)51-27-13-15-28(16-14-27)52-26-11-7-24(8-12-26)39-34(41)32-20-23(38(47)50-2)6-18-30(32)36(44)45/h21-33,40,48H,3-20H2,1-2H3,(H,39,41)(H,42,43)(H,44,45). The number of hydroxylamine groups is 1. The first kappa shape index (κ1) is 40.4. The van der Waals surface area contributed by atoms with Gasteiger partial charge in [0.05, 0.1) is 68.2 Å². The maximum atomic E-state index is 13.2. The van der Waals surface area contributed by atoms with Gasteiger partial charge in [0.1, 0.15) is 0 Å². The number of methoxy groups -OCH3 is 2. The molecule has 5 N–H and O–H groups in total. The van der Waals surface area contributed by atoms with Gasteiger partial charge < -0.3 is 39.7 Å². The fraction of sp³-hybridized carbons (Fsp3) is 0.868. The molecule has 0 bridgehead atoms. The van der Waals surface area contributed by atoms with Crippen LogP contribution in [-0.2, 0) is 42.9 Å². The Balaban J connectivity index is 0.998. The molecule has 0 aliphatic heterocycles. The summed E-state index contributed by atoms with van der Waals surface area (Å²) in [6.07, 6.45) is 12.9. The Kier molecular flexibility index (Phi) is 14.7. The molecule has 0 aromatic heterocycles. The van der Waals surface area contributed by atoms with Crippen LogP contribution in [0.15, 0.2) is 0 Å². The van der Waals surface area contributed by atoms with Gasteiger partial charge in [-0.2, -0.15) is 0 Å². The predicted molar refractivity (Wildman–Crippen MR) is 185 cm³/mol. The third-order valence-corrected chi connectivity index (χ3v) is 13.0. The van der Waals surface area contributed by atoms with Crippen LogP contribution in [0.3, 0.4) is 0 Å². The molecule has 5 saturated carbocycles. The van der Waals surface area contributed by atoms with E-state index in [1.807, 2.05) is 0 Å². The average Bonchev–Trinajstić information content (AvgIpc) is 3.16. The van der Waals surface area contributed by atoms with Crippen molar-refractivity contribution in [3.63, 3.8) is 0 Å². The third kappa shape index (κ3) is 10.2. The van der Waals surface area contributed by atoms with Gasteiger partial charge in [0.2, 0.25) is 5.91 Å². The number of carbonyl (C=O) groups excluding carboxylic acids is 3. The van der Waals surface area contributed by atoms with Crippen LogP contribution in [0.2, 0.25) is 0 Å². The maximum absolute atomic E-state index is 13.2. The van der Waals surface area contributed by atoms with Crippen molar-refractivity contribution in [2.24, 2.45) is 41.4 Å². The van der Waals surface area contributed by atoms with E-state index in [-0.39, 0.29) is 72.9 Å². The number of esters is 2. The zero-order chi connectivity index (χ0) is 37.4. The fourth-order valence-corrected chi connectivity index (χ4v) is 10.1. The number of carboxylic acid groups (broad SMARTS) is 2. The summed E-state index contributed by atoms with van der Waals surface area (Å²) in [6, 6.07) is -0.448. The lowest BCUT2D eigenvalue weighted by Gasteiger charge is -2.43. The lowest BCUT2D eigenvalue weighted by molar-refractivity contribution is -0.155. The number of hydrogen-bond donors (Lipinski definition) is 5. The molecule has 5 aliphatic carbocycles. The van der Waals surface area contributed by atoms with Crippen molar-refractivity contribution < 1.29 is 58.3 Å². The molecule has 0 heterocycles. The topological polar surface area (TPSA) is 207 Å². The first-order valence-corrected chi connectivity index (χ1v) is 19.6. The van der Waals surface area contributed by atoms with Crippen molar-refractivity contribution in [1.29, 1.82) is 0 Å². The number of carboxylic acids is 2. The quantitative estimate of drug-likeness (QED) is 0.133. The molecule has 0 aromatic carbocycles. The Morgan fingerprint density at radius 1 is 0.558 bits per heavy atom. The van der Waals surface area contributed by atoms with Gasteiger partial charge in [-0.1, -0.05) is 0 Å². The molecule has 0 aromatic rings. The fourth-order valence-electron chi connectivity index (χ4n) is 10.1. The Labute approximate surface area is 306 Å². The summed E-state index contributed by atoms with van der Waals surface area (Å²) >= 11 is 0. The van der Waals surface area contributed by atoms with Crippen molar-refractivity contribution >= 4 is 29.8 Å². The molecule has 14 heteroatoms. The van der Waals surface area contributed by atoms with E-state index < -0.39 is 47.6 Å². The lowest BCUT2D eigenvalue weighted by atomic mass is 9.66. The van der Waals surface area contributed by atoms with E-state index in [1.54, 1.807) is 0 Å². The van der Waals surface area contributed by atoms with Crippen LogP contribution in [-0.4, -0.2) is 95.9 Å². The van der Waals surface area contributed by atoms with Crippen LogP contribution in [0, 0.1) is 41.4 Å². The number of ether oxygens (including phenoxy) is 4. The second-order valence-electron chi connectivity index (χ2n) is 16.1. The third-order valence-electron chi connectivity index (χ3n) is 13.0. The van der Waals surface area contributed by atoms with E-state index in [1.165, 1.54) is 14.2 Å². The van der Waals surface area contributed by atoms with Gasteiger partial charge in [0, 0.05) is 12.1 Å².